The molecule has 1 fully saturated rings. The van der Waals surface area contributed by atoms with Crippen molar-refractivity contribution in [1.82, 2.24) is 4.98 Å². The molecule has 5 rings (SSSR count). The first-order valence-corrected chi connectivity index (χ1v) is 7.15. The van der Waals surface area contributed by atoms with Gasteiger partial charge in [-0.2, -0.15) is 0 Å². The van der Waals surface area contributed by atoms with Crippen LogP contribution in [0, 0.1) is 0 Å². The van der Waals surface area contributed by atoms with Crippen LogP contribution in [0.1, 0.15) is 34.8 Å². The van der Waals surface area contributed by atoms with Crippen molar-refractivity contribution in [2.45, 2.75) is 18.8 Å². The second kappa shape index (κ2) is 4.09. The Balaban J connectivity index is 2.16. The molecule has 5 heteroatoms. The van der Waals surface area contributed by atoms with E-state index in [2.05, 4.69) is 4.90 Å². The smallest absolute Gasteiger partial charge is 0.338 e. The molecule has 0 unspecified atom stereocenters. The number of pyridine rings is 1. The molecule has 4 heterocycles. The van der Waals surface area contributed by atoms with Gasteiger partial charge in [-0.15, -0.1) is 0 Å². The van der Waals surface area contributed by atoms with Crippen molar-refractivity contribution in [2.75, 3.05) is 18.0 Å². The summed E-state index contributed by atoms with van der Waals surface area (Å²) in [7, 11) is 0. The zero-order chi connectivity index (χ0) is 13.9. The number of nitrogens with zero attached hydrogens (tertiary/aromatic N) is 2. The Hall–Kier alpha value is -1.81. The van der Waals surface area contributed by atoms with Crippen LogP contribution < -0.4 is 4.90 Å². The fourth-order valence-electron chi connectivity index (χ4n) is 3.46. The number of carboxylic acid groups (broad SMARTS) is 1. The molecule has 0 aliphatic carbocycles. The van der Waals surface area contributed by atoms with Crippen molar-refractivity contribution in [1.29, 1.82) is 0 Å². The molecule has 1 N–H and O–H groups in total. The summed E-state index contributed by atoms with van der Waals surface area (Å²) in [5.41, 5.74) is 2.70. The summed E-state index contributed by atoms with van der Waals surface area (Å²) in [6.07, 6.45) is 2.10. The molecule has 0 radical (unpaired) electrons. The zero-order valence-electron chi connectivity index (χ0n) is 10.8. The van der Waals surface area contributed by atoms with Crippen LogP contribution in [-0.4, -0.2) is 29.1 Å². The number of hydrogen-bond donors (Lipinski definition) is 1. The average Bonchev–Trinajstić information content (AvgIpc) is 2.46. The van der Waals surface area contributed by atoms with Crippen molar-refractivity contribution in [3.05, 3.63) is 34.5 Å². The third-order valence-electron chi connectivity index (χ3n) is 4.38. The number of rotatable bonds is 1. The van der Waals surface area contributed by atoms with E-state index in [1.54, 1.807) is 18.2 Å². The monoisotopic (exact) mass is 288 g/mol. The fourth-order valence-corrected chi connectivity index (χ4v) is 3.67. The van der Waals surface area contributed by atoms with Crippen molar-refractivity contribution in [3.63, 3.8) is 0 Å². The standard InChI is InChI=1S/C15H13ClN2O2/c16-10-3-1-2-9-11(15(19)20)14-12(17-13(9)10)8-4-6-18(14)7-5-8/h1-3,8H,4-7H2,(H,19,20). The topological polar surface area (TPSA) is 53.4 Å². The minimum Gasteiger partial charge on any atom is -0.478 e. The van der Waals surface area contributed by atoms with E-state index < -0.39 is 5.97 Å². The summed E-state index contributed by atoms with van der Waals surface area (Å²) in [6, 6.07) is 5.33. The second-order valence-electron chi connectivity index (χ2n) is 5.42. The summed E-state index contributed by atoms with van der Waals surface area (Å²) in [6.45, 7) is 1.84. The normalized spacial score (nSPS) is 17.6. The Morgan fingerprint density at radius 2 is 2.10 bits per heavy atom. The molecule has 20 heavy (non-hydrogen) atoms. The Bertz CT molecular complexity index is 736. The first-order valence-electron chi connectivity index (χ1n) is 6.77. The molecule has 0 amide bonds. The maximum absolute atomic E-state index is 11.8. The van der Waals surface area contributed by atoms with E-state index in [-0.39, 0.29) is 0 Å². The molecule has 102 valence electrons. The van der Waals surface area contributed by atoms with Crippen LogP contribution in [0.5, 0.6) is 0 Å². The number of piperidine rings is 1. The van der Waals surface area contributed by atoms with Crippen LogP contribution in [0.2, 0.25) is 5.02 Å². The molecule has 3 aliphatic heterocycles. The Labute approximate surface area is 121 Å². The SMILES string of the molecule is O=C(O)c1c2c(nc3c(Cl)cccc13)C1CCN2CC1. The second-order valence-corrected chi connectivity index (χ2v) is 5.83. The van der Waals surface area contributed by atoms with Gasteiger partial charge in [0.1, 0.15) is 0 Å². The van der Waals surface area contributed by atoms with Gasteiger partial charge in [0.15, 0.2) is 0 Å². The van der Waals surface area contributed by atoms with Crippen LogP contribution in [0.3, 0.4) is 0 Å². The molecule has 0 saturated carbocycles. The molecule has 2 aromatic rings. The van der Waals surface area contributed by atoms with Crippen molar-refractivity contribution in [3.8, 4) is 0 Å². The van der Waals surface area contributed by atoms with Crippen molar-refractivity contribution < 1.29 is 9.90 Å². The Kier molecular flexibility index (Phi) is 2.45. The number of aromatic carboxylic acids is 1. The first kappa shape index (κ1) is 12.0. The van der Waals surface area contributed by atoms with E-state index in [4.69, 9.17) is 16.6 Å². The summed E-state index contributed by atoms with van der Waals surface area (Å²) in [4.78, 5) is 18.6. The number of carbonyl (C=O) groups is 1. The molecule has 2 bridgehead atoms. The third kappa shape index (κ3) is 1.48. The van der Waals surface area contributed by atoms with Gasteiger partial charge in [-0.25, -0.2) is 9.78 Å². The molecular weight excluding hydrogens is 276 g/mol. The van der Waals surface area contributed by atoms with E-state index >= 15 is 0 Å². The summed E-state index contributed by atoms with van der Waals surface area (Å²) in [5.74, 6) is -0.530. The van der Waals surface area contributed by atoms with E-state index in [1.165, 1.54) is 0 Å². The van der Waals surface area contributed by atoms with Gasteiger partial charge >= 0.3 is 5.97 Å². The number of hydrogen-bond acceptors (Lipinski definition) is 3. The minimum absolute atomic E-state index is 0.358. The highest BCUT2D eigenvalue weighted by atomic mass is 35.5. The zero-order valence-corrected chi connectivity index (χ0v) is 11.5. The van der Waals surface area contributed by atoms with Crippen LogP contribution in [0.15, 0.2) is 18.2 Å². The highest BCUT2D eigenvalue weighted by Crippen LogP contribution is 2.45. The van der Waals surface area contributed by atoms with Crippen LogP contribution in [0.4, 0.5) is 5.69 Å². The van der Waals surface area contributed by atoms with E-state index in [1.807, 2.05) is 0 Å². The van der Waals surface area contributed by atoms with E-state index in [0.717, 1.165) is 37.3 Å². The summed E-state index contributed by atoms with van der Waals surface area (Å²) < 4.78 is 0. The van der Waals surface area contributed by atoms with Crippen molar-refractivity contribution in [2.24, 2.45) is 0 Å². The van der Waals surface area contributed by atoms with Gasteiger partial charge in [0, 0.05) is 24.4 Å². The Morgan fingerprint density at radius 3 is 2.80 bits per heavy atom. The van der Waals surface area contributed by atoms with E-state index in [9.17, 15) is 9.90 Å². The van der Waals surface area contributed by atoms with Gasteiger partial charge in [0.05, 0.1) is 27.5 Å². The largest absolute Gasteiger partial charge is 0.478 e. The number of anilines is 1. The van der Waals surface area contributed by atoms with Gasteiger partial charge in [0.2, 0.25) is 0 Å². The third-order valence-corrected chi connectivity index (χ3v) is 4.68. The van der Waals surface area contributed by atoms with Gasteiger partial charge in [0.25, 0.3) is 0 Å². The fraction of sp³-hybridized carbons (Fsp3) is 0.333. The molecule has 1 saturated heterocycles. The van der Waals surface area contributed by atoms with Crippen molar-refractivity contribution >= 4 is 34.2 Å². The molecule has 4 nitrogen and oxygen atoms in total. The van der Waals surface area contributed by atoms with Gasteiger partial charge in [-0.05, 0) is 18.9 Å². The number of para-hydroxylation sites is 1. The quantitative estimate of drug-likeness (QED) is 0.875. The first-order chi connectivity index (χ1) is 9.66. The minimum atomic E-state index is -0.900. The lowest BCUT2D eigenvalue weighted by Gasteiger charge is -2.42. The lowest BCUT2D eigenvalue weighted by molar-refractivity contribution is 0.0699. The van der Waals surface area contributed by atoms with Crippen LogP contribution >= 0.6 is 11.6 Å². The maximum Gasteiger partial charge on any atom is 0.338 e. The molecular formula is C15H13ClN2O2. The highest BCUT2D eigenvalue weighted by Gasteiger charge is 2.36. The molecule has 3 aliphatic rings. The number of fused-ring (bicyclic) bond motifs is 3. The number of benzene rings is 1. The van der Waals surface area contributed by atoms with Crippen LogP contribution in [-0.2, 0) is 0 Å². The number of halogens is 1. The predicted molar refractivity (Wildman–Crippen MR) is 77.9 cm³/mol. The van der Waals surface area contributed by atoms with Gasteiger partial charge < -0.3 is 10.0 Å². The maximum atomic E-state index is 11.8. The average molecular weight is 289 g/mol. The van der Waals surface area contributed by atoms with Crippen LogP contribution in [0.25, 0.3) is 10.9 Å². The number of aromatic nitrogens is 1. The summed E-state index contributed by atoms with van der Waals surface area (Å²) in [5, 5.41) is 10.8. The van der Waals surface area contributed by atoms with Gasteiger partial charge in [-0.1, -0.05) is 23.7 Å². The molecule has 0 atom stereocenters. The van der Waals surface area contributed by atoms with E-state index in [0.29, 0.717) is 27.4 Å². The lowest BCUT2D eigenvalue weighted by Crippen LogP contribution is -2.40. The molecule has 1 aromatic heterocycles. The summed E-state index contributed by atoms with van der Waals surface area (Å²) >= 11 is 6.21. The Morgan fingerprint density at radius 1 is 1.35 bits per heavy atom. The molecule has 1 aromatic carbocycles. The van der Waals surface area contributed by atoms with Gasteiger partial charge in [-0.3, -0.25) is 0 Å². The molecule has 0 spiro atoms. The predicted octanol–water partition coefficient (Wildman–Crippen LogP) is 3.28. The lowest BCUT2D eigenvalue weighted by atomic mass is 9.84. The highest BCUT2D eigenvalue weighted by molar-refractivity contribution is 6.35. The number of carboxylic acids is 1.